The molecule has 1 atom stereocenters. The lowest BCUT2D eigenvalue weighted by Crippen LogP contribution is -2.38. The molecule has 0 bridgehead atoms. The van der Waals surface area contributed by atoms with Crippen LogP contribution in [-0.4, -0.2) is 37.4 Å². The third kappa shape index (κ3) is 5.75. The highest BCUT2D eigenvalue weighted by Gasteiger charge is 2.35. The lowest BCUT2D eigenvalue weighted by Gasteiger charge is -2.17. The maximum Gasteiger partial charge on any atom is 0.416 e. The Balaban J connectivity index is 1.44. The number of benzene rings is 2. The summed E-state index contributed by atoms with van der Waals surface area (Å²) in [5, 5.41) is 5.67. The molecule has 164 valence electrons. The molecule has 0 radical (unpaired) electrons. The van der Waals surface area contributed by atoms with Gasteiger partial charge in [0, 0.05) is 42.3 Å². The molecule has 1 saturated heterocycles. The predicted molar refractivity (Wildman–Crippen MR) is 109 cm³/mol. The number of nitrogens with one attached hydrogen (secondary N) is 2. The first-order valence-electron chi connectivity index (χ1n) is 9.44. The van der Waals surface area contributed by atoms with Gasteiger partial charge in [-0.3, -0.25) is 14.4 Å². The number of carbonyl (C=O) groups is 3. The Hall–Kier alpha value is -3.07. The van der Waals surface area contributed by atoms with Crippen molar-refractivity contribution in [2.24, 2.45) is 5.92 Å². The Bertz CT molecular complexity index is 980. The summed E-state index contributed by atoms with van der Waals surface area (Å²) in [6.45, 7) is 0.431. The predicted octanol–water partition coefficient (Wildman–Crippen LogP) is 3.26. The van der Waals surface area contributed by atoms with Crippen LogP contribution in [0.1, 0.15) is 22.3 Å². The number of carbonyl (C=O) groups excluding carboxylic acids is 3. The van der Waals surface area contributed by atoms with Crippen LogP contribution in [-0.2, 0) is 15.8 Å². The van der Waals surface area contributed by atoms with Crippen LogP contribution < -0.4 is 15.5 Å². The summed E-state index contributed by atoms with van der Waals surface area (Å²) in [6.07, 6.45) is -4.40. The molecule has 1 fully saturated rings. The second-order valence-electron chi connectivity index (χ2n) is 7.01. The van der Waals surface area contributed by atoms with E-state index < -0.39 is 23.6 Å². The van der Waals surface area contributed by atoms with Crippen LogP contribution in [0.5, 0.6) is 0 Å². The van der Waals surface area contributed by atoms with Gasteiger partial charge in [0.1, 0.15) is 0 Å². The Morgan fingerprint density at radius 2 is 1.74 bits per heavy atom. The van der Waals surface area contributed by atoms with E-state index in [1.807, 2.05) is 0 Å². The largest absolute Gasteiger partial charge is 0.416 e. The van der Waals surface area contributed by atoms with E-state index in [0.29, 0.717) is 10.7 Å². The third-order valence-electron chi connectivity index (χ3n) is 4.80. The van der Waals surface area contributed by atoms with E-state index in [9.17, 15) is 27.6 Å². The number of rotatable bonds is 6. The van der Waals surface area contributed by atoms with Crippen LogP contribution >= 0.6 is 11.6 Å². The van der Waals surface area contributed by atoms with E-state index in [1.165, 1.54) is 4.90 Å². The van der Waals surface area contributed by atoms with Crippen molar-refractivity contribution in [3.8, 4) is 0 Å². The van der Waals surface area contributed by atoms with Crippen molar-refractivity contribution in [1.82, 2.24) is 10.6 Å². The van der Waals surface area contributed by atoms with Crippen molar-refractivity contribution in [3.63, 3.8) is 0 Å². The summed E-state index contributed by atoms with van der Waals surface area (Å²) in [5.74, 6) is -1.58. The van der Waals surface area contributed by atoms with Crippen molar-refractivity contribution in [2.45, 2.75) is 12.6 Å². The fraction of sp³-hybridized carbons (Fsp3) is 0.286. The lowest BCUT2D eigenvalue weighted by molar-refractivity contribution is -0.137. The molecule has 2 aromatic rings. The molecule has 0 aromatic heterocycles. The van der Waals surface area contributed by atoms with Crippen molar-refractivity contribution < 1.29 is 27.6 Å². The molecule has 0 saturated carbocycles. The SMILES string of the molecule is O=C(NCCNC(=O)C1CC(=O)N(c2cccc(Cl)c2)C1)c1ccc(C(F)(F)F)cc1. The first kappa shape index (κ1) is 22.6. The van der Waals surface area contributed by atoms with Gasteiger partial charge in [-0.05, 0) is 42.5 Å². The fourth-order valence-electron chi connectivity index (χ4n) is 3.20. The molecule has 2 N–H and O–H groups in total. The van der Waals surface area contributed by atoms with Gasteiger partial charge < -0.3 is 15.5 Å². The first-order valence-corrected chi connectivity index (χ1v) is 9.82. The second kappa shape index (κ2) is 9.38. The van der Waals surface area contributed by atoms with Crippen molar-refractivity contribution in [1.29, 1.82) is 0 Å². The summed E-state index contributed by atoms with van der Waals surface area (Å²) < 4.78 is 37.7. The van der Waals surface area contributed by atoms with Crippen LogP contribution in [0, 0.1) is 5.92 Å². The molecular weight excluding hydrogens is 435 g/mol. The molecular formula is C21H19ClF3N3O3. The van der Waals surface area contributed by atoms with Gasteiger partial charge in [0.25, 0.3) is 5.91 Å². The minimum Gasteiger partial charge on any atom is -0.354 e. The lowest BCUT2D eigenvalue weighted by atomic mass is 10.1. The number of amides is 3. The number of hydrogen-bond acceptors (Lipinski definition) is 3. The van der Waals surface area contributed by atoms with E-state index >= 15 is 0 Å². The second-order valence-corrected chi connectivity index (χ2v) is 7.44. The molecule has 1 unspecified atom stereocenters. The molecule has 1 aliphatic heterocycles. The number of nitrogens with zero attached hydrogens (tertiary/aromatic N) is 1. The average Bonchev–Trinajstić information content (AvgIpc) is 3.12. The molecule has 6 nitrogen and oxygen atoms in total. The van der Waals surface area contributed by atoms with Gasteiger partial charge in [-0.1, -0.05) is 17.7 Å². The van der Waals surface area contributed by atoms with Crippen molar-refractivity contribution >= 4 is 35.0 Å². The Morgan fingerprint density at radius 3 is 2.39 bits per heavy atom. The summed E-state index contributed by atoms with van der Waals surface area (Å²) in [6, 6.07) is 10.6. The zero-order chi connectivity index (χ0) is 22.6. The quantitative estimate of drug-likeness (QED) is 0.659. The topological polar surface area (TPSA) is 78.5 Å². The van der Waals surface area contributed by atoms with Gasteiger partial charge in [0.15, 0.2) is 0 Å². The maximum absolute atomic E-state index is 12.6. The van der Waals surface area contributed by atoms with Gasteiger partial charge in [-0.2, -0.15) is 13.2 Å². The van der Waals surface area contributed by atoms with Gasteiger partial charge in [-0.25, -0.2) is 0 Å². The molecule has 1 heterocycles. The Labute approximate surface area is 181 Å². The summed E-state index contributed by atoms with van der Waals surface area (Å²) in [4.78, 5) is 38.1. The monoisotopic (exact) mass is 453 g/mol. The van der Waals surface area contributed by atoms with Crippen LogP contribution in [0.4, 0.5) is 18.9 Å². The van der Waals surface area contributed by atoms with E-state index in [-0.39, 0.29) is 43.4 Å². The Morgan fingerprint density at radius 1 is 1.06 bits per heavy atom. The summed E-state index contributed by atoms with van der Waals surface area (Å²) >= 11 is 5.95. The Kier molecular flexibility index (Phi) is 6.84. The molecule has 0 spiro atoms. The van der Waals surface area contributed by atoms with Gasteiger partial charge >= 0.3 is 6.18 Å². The van der Waals surface area contributed by atoms with E-state index in [1.54, 1.807) is 24.3 Å². The van der Waals surface area contributed by atoms with Crippen LogP contribution in [0.3, 0.4) is 0 Å². The standard InChI is InChI=1S/C21H19ClF3N3O3/c22-16-2-1-3-17(11-16)28-12-14(10-18(28)29)20(31)27-9-8-26-19(30)13-4-6-15(7-5-13)21(23,24)25/h1-7,11,14H,8-10,12H2,(H,26,30)(H,27,31). The molecule has 3 amide bonds. The van der Waals surface area contributed by atoms with E-state index in [0.717, 1.165) is 24.3 Å². The molecule has 1 aliphatic rings. The summed E-state index contributed by atoms with van der Waals surface area (Å²) in [5.41, 5.74) is -0.135. The van der Waals surface area contributed by atoms with E-state index in [4.69, 9.17) is 11.6 Å². The molecule has 3 rings (SSSR count). The normalized spacial score (nSPS) is 16.3. The minimum atomic E-state index is -4.47. The van der Waals surface area contributed by atoms with Gasteiger partial charge in [-0.15, -0.1) is 0 Å². The van der Waals surface area contributed by atoms with Crippen LogP contribution in [0.15, 0.2) is 48.5 Å². The van der Waals surface area contributed by atoms with Crippen molar-refractivity contribution in [2.75, 3.05) is 24.5 Å². The van der Waals surface area contributed by atoms with Gasteiger partial charge in [0.05, 0.1) is 11.5 Å². The third-order valence-corrected chi connectivity index (χ3v) is 5.04. The molecule has 10 heteroatoms. The minimum absolute atomic E-state index is 0.0657. The highest BCUT2D eigenvalue weighted by Crippen LogP contribution is 2.29. The molecule has 0 aliphatic carbocycles. The summed E-state index contributed by atoms with van der Waals surface area (Å²) in [7, 11) is 0. The highest BCUT2D eigenvalue weighted by molar-refractivity contribution is 6.31. The highest BCUT2D eigenvalue weighted by atomic mass is 35.5. The average molecular weight is 454 g/mol. The van der Waals surface area contributed by atoms with Crippen molar-refractivity contribution in [3.05, 3.63) is 64.7 Å². The molecule has 31 heavy (non-hydrogen) atoms. The van der Waals surface area contributed by atoms with Crippen LogP contribution in [0.2, 0.25) is 5.02 Å². The number of alkyl halides is 3. The van der Waals surface area contributed by atoms with Crippen LogP contribution in [0.25, 0.3) is 0 Å². The van der Waals surface area contributed by atoms with E-state index in [2.05, 4.69) is 10.6 Å². The number of anilines is 1. The smallest absolute Gasteiger partial charge is 0.354 e. The number of hydrogen-bond donors (Lipinski definition) is 2. The van der Waals surface area contributed by atoms with Gasteiger partial charge in [0.2, 0.25) is 11.8 Å². The number of halogens is 4. The molecule has 2 aromatic carbocycles. The first-order chi connectivity index (χ1) is 14.6. The zero-order valence-corrected chi connectivity index (χ0v) is 17.0. The fourth-order valence-corrected chi connectivity index (χ4v) is 3.38. The maximum atomic E-state index is 12.6. The zero-order valence-electron chi connectivity index (χ0n) is 16.2.